The molecule has 0 spiro atoms. The fourth-order valence-electron chi connectivity index (χ4n) is 0.906. The maximum absolute atomic E-state index is 4.50. The van der Waals surface area contributed by atoms with Crippen LogP contribution in [0.15, 0.2) is 8.47 Å². The minimum Gasteiger partial charge on any atom is -0.135 e. The molecular formula is C12H24S4. The van der Waals surface area contributed by atoms with Crippen molar-refractivity contribution in [3.05, 3.63) is 8.47 Å². The quantitative estimate of drug-likeness (QED) is 0.565. The Labute approximate surface area is 121 Å². The molecule has 0 fully saturated rings. The summed E-state index contributed by atoms with van der Waals surface area (Å²) in [5.41, 5.74) is 0. The van der Waals surface area contributed by atoms with E-state index in [9.17, 15) is 0 Å². The molecule has 0 saturated carbocycles. The van der Waals surface area contributed by atoms with Gasteiger partial charge < -0.3 is 0 Å². The van der Waals surface area contributed by atoms with Crippen molar-refractivity contribution in [1.29, 1.82) is 0 Å². The van der Waals surface area contributed by atoms with Gasteiger partial charge in [-0.15, -0.1) is 48.8 Å². The summed E-state index contributed by atoms with van der Waals surface area (Å²) < 4.78 is 2.16. The molecule has 0 amide bonds. The molecule has 0 aromatic carbocycles. The lowest BCUT2D eigenvalue weighted by atomic mass is 10.2. The second-order valence-corrected chi connectivity index (χ2v) is 8.38. The van der Waals surface area contributed by atoms with Crippen molar-refractivity contribution in [3.63, 3.8) is 0 Å². The van der Waals surface area contributed by atoms with E-state index in [4.69, 9.17) is 0 Å². The first-order chi connectivity index (χ1) is 7.43. The molecule has 16 heavy (non-hydrogen) atoms. The summed E-state index contributed by atoms with van der Waals surface area (Å²) in [6, 6.07) is 0. The van der Waals surface area contributed by atoms with Crippen LogP contribution in [0.25, 0.3) is 0 Å². The van der Waals surface area contributed by atoms with Crippen LogP contribution >= 0.6 is 48.8 Å². The molecule has 0 aliphatic rings. The third-order valence-electron chi connectivity index (χ3n) is 2.05. The van der Waals surface area contributed by atoms with Crippen LogP contribution in [0.3, 0.4) is 0 Å². The van der Waals surface area contributed by atoms with E-state index < -0.39 is 0 Å². The molecule has 0 saturated heterocycles. The van der Waals surface area contributed by atoms with Gasteiger partial charge in [0.1, 0.15) is 0 Å². The van der Waals surface area contributed by atoms with Gasteiger partial charge in [0.05, 0.1) is 8.47 Å². The van der Waals surface area contributed by atoms with Crippen LogP contribution in [-0.4, -0.2) is 11.5 Å². The van der Waals surface area contributed by atoms with Crippen LogP contribution in [-0.2, 0) is 0 Å². The second-order valence-electron chi connectivity index (χ2n) is 4.67. The number of hydrogen-bond acceptors (Lipinski definition) is 4. The van der Waals surface area contributed by atoms with Crippen LogP contribution in [0.4, 0.5) is 0 Å². The highest BCUT2D eigenvalue weighted by Gasteiger charge is 2.03. The van der Waals surface area contributed by atoms with E-state index in [0.29, 0.717) is 0 Å². The molecule has 4 heteroatoms. The molecule has 0 rings (SSSR count). The van der Waals surface area contributed by atoms with Crippen LogP contribution in [0, 0.1) is 11.8 Å². The molecule has 0 aromatic rings. The molecule has 0 unspecified atom stereocenters. The lowest BCUT2D eigenvalue weighted by molar-refractivity contribution is 0.632. The predicted molar refractivity (Wildman–Crippen MR) is 88.8 cm³/mol. The van der Waals surface area contributed by atoms with E-state index in [-0.39, 0.29) is 0 Å². The Hall–Kier alpha value is 1.14. The minimum atomic E-state index is 0.769. The molecule has 0 atom stereocenters. The van der Waals surface area contributed by atoms with Crippen molar-refractivity contribution in [2.45, 2.75) is 40.5 Å². The molecule has 0 bridgehead atoms. The highest BCUT2D eigenvalue weighted by atomic mass is 32.2. The Kier molecular flexibility index (Phi) is 10.8. The molecule has 0 N–H and O–H groups in total. The van der Waals surface area contributed by atoms with Crippen LogP contribution in [0.5, 0.6) is 0 Å². The Bertz CT molecular complexity index is 187. The van der Waals surface area contributed by atoms with E-state index in [2.05, 4.69) is 53.0 Å². The second kappa shape index (κ2) is 10.1. The standard InChI is InChI=1S/C12H24S4/c1-9(2)5-7-15-11(13)12(14)16-8-6-10(3)4/h9-10,13-14H,5-8H2,1-4H3/b12-11-. The van der Waals surface area contributed by atoms with Crippen molar-refractivity contribution >= 4 is 48.8 Å². The van der Waals surface area contributed by atoms with Gasteiger partial charge in [-0.25, -0.2) is 0 Å². The molecule has 0 aliphatic carbocycles. The summed E-state index contributed by atoms with van der Waals surface area (Å²) in [6.45, 7) is 9.01. The van der Waals surface area contributed by atoms with Gasteiger partial charge in [-0.3, -0.25) is 0 Å². The normalized spacial score (nSPS) is 13.5. The van der Waals surface area contributed by atoms with Gasteiger partial charge in [0.25, 0.3) is 0 Å². The molecule has 0 heterocycles. The molecule has 0 aromatic heterocycles. The summed E-state index contributed by atoms with van der Waals surface area (Å²) in [7, 11) is 0. The van der Waals surface area contributed by atoms with E-state index in [0.717, 1.165) is 31.8 Å². The Morgan fingerprint density at radius 2 is 1.12 bits per heavy atom. The largest absolute Gasteiger partial charge is 0.135 e. The minimum absolute atomic E-state index is 0.769. The Morgan fingerprint density at radius 3 is 1.38 bits per heavy atom. The zero-order valence-electron chi connectivity index (χ0n) is 10.7. The molecule has 96 valence electrons. The lowest BCUT2D eigenvalue weighted by Crippen LogP contribution is -1.90. The summed E-state index contributed by atoms with van der Waals surface area (Å²) >= 11 is 12.6. The first-order valence-corrected chi connectivity index (χ1v) is 8.67. The van der Waals surface area contributed by atoms with E-state index in [1.165, 1.54) is 12.8 Å². The summed E-state index contributed by atoms with van der Waals surface area (Å²) in [6.07, 6.45) is 2.49. The van der Waals surface area contributed by atoms with Gasteiger partial charge in [-0.1, -0.05) is 27.7 Å². The third-order valence-corrected chi connectivity index (χ3v) is 5.72. The highest BCUT2D eigenvalue weighted by Crippen LogP contribution is 2.34. The number of rotatable bonds is 8. The topological polar surface area (TPSA) is 0 Å². The van der Waals surface area contributed by atoms with E-state index in [1.807, 2.05) is 23.5 Å². The predicted octanol–water partition coefficient (Wildman–Crippen LogP) is 5.53. The molecule has 0 nitrogen and oxygen atoms in total. The zero-order chi connectivity index (χ0) is 12.6. The summed E-state index contributed by atoms with van der Waals surface area (Å²) in [5.74, 6) is 3.83. The van der Waals surface area contributed by atoms with E-state index >= 15 is 0 Å². The lowest BCUT2D eigenvalue weighted by Gasteiger charge is -2.08. The number of thiol groups is 2. The Morgan fingerprint density at radius 1 is 0.812 bits per heavy atom. The molecular weight excluding hydrogens is 272 g/mol. The molecule has 0 aliphatic heterocycles. The van der Waals surface area contributed by atoms with Gasteiger partial charge in [0.2, 0.25) is 0 Å². The van der Waals surface area contributed by atoms with Gasteiger partial charge in [-0.2, -0.15) is 0 Å². The monoisotopic (exact) mass is 296 g/mol. The van der Waals surface area contributed by atoms with Gasteiger partial charge in [0, 0.05) is 0 Å². The summed E-state index contributed by atoms with van der Waals surface area (Å²) in [4.78, 5) is 0. The van der Waals surface area contributed by atoms with E-state index in [1.54, 1.807) is 0 Å². The number of thioether (sulfide) groups is 2. The molecule has 0 radical (unpaired) electrons. The number of hydrogen-bond donors (Lipinski definition) is 2. The zero-order valence-corrected chi connectivity index (χ0v) is 14.1. The van der Waals surface area contributed by atoms with Crippen molar-refractivity contribution < 1.29 is 0 Å². The SMILES string of the molecule is CC(C)CCS/C(S)=C(/S)SCCC(C)C. The van der Waals surface area contributed by atoms with Crippen molar-refractivity contribution in [2.24, 2.45) is 11.8 Å². The first kappa shape index (κ1) is 17.1. The highest BCUT2D eigenvalue weighted by molar-refractivity contribution is 8.21. The third kappa shape index (κ3) is 10.3. The fraction of sp³-hybridized carbons (Fsp3) is 0.833. The Balaban J connectivity index is 3.77. The maximum atomic E-state index is 4.50. The van der Waals surface area contributed by atoms with Crippen LogP contribution in [0.1, 0.15) is 40.5 Å². The maximum Gasteiger partial charge on any atom is 0.0569 e. The van der Waals surface area contributed by atoms with Crippen molar-refractivity contribution in [2.75, 3.05) is 11.5 Å². The van der Waals surface area contributed by atoms with Crippen LogP contribution < -0.4 is 0 Å². The van der Waals surface area contributed by atoms with Gasteiger partial charge in [0.15, 0.2) is 0 Å². The average Bonchev–Trinajstić information content (AvgIpc) is 2.16. The first-order valence-electron chi connectivity index (χ1n) is 5.81. The average molecular weight is 297 g/mol. The summed E-state index contributed by atoms with van der Waals surface area (Å²) in [5, 5.41) is 0. The fourth-order valence-corrected chi connectivity index (χ4v) is 4.01. The van der Waals surface area contributed by atoms with Crippen molar-refractivity contribution in [1.82, 2.24) is 0 Å². The van der Waals surface area contributed by atoms with Crippen molar-refractivity contribution in [3.8, 4) is 0 Å². The van der Waals surface area contributed by atoms with Gasteiger partial charge in [-0.05, 0) is 36.2 Å². The van der Waals surface area contributed by atoms with Gasteiger partial charge >= 0.3 is 0 Å². The van der Waals surface area contributed by atoms with Crippen LogP contribution in [0.2, 0.25) is 0 Å². The smallest absolute Gasteiger partial charge is 0.0569 e.